The summed E-state index contributed by atoms with van der Waals surface area (Å²) in [5.41, 5.74) is -2.10. The van der Waals surface area contributed by atoms with E-state index in [-0.39, 0.29) is 71.9 Å². The van der Waals surface area contributed by atoms with Crippen LogP contribution in [-0.2, 0) is 85.8 Å². The summed E-state index contributed by atoms with van der Waals surface area (Å²) in [6.07, 6.45) is -19.0. The highest BCUT2D eigenvalue weighted by molar-refractivity contribution is 8.12. The number of anilines is 3. The lowest BCUT2D eigenvalue weighted by Gasteiger charge is -2.70. The maximum Gasteiger partial charge on any atom is 0.303 e. The summed E-state index contributed by atoms with van der Waals surface area (Å²) in [7, 11) is 0. The van der Waals surface area contributed by atoms with Gasteiger partial charge in [-0.25, -0.2) is 0 Å². The molecule has 5 aliphatic carbocycles. The smallest absolute Gasteiger partial charge is 0.303 e. The standard InChI is InChI=1S/C73H87N15O33S3/c1-32(89)113-51-53(115-34(3)91)57(117-36(5)93)63(120-56(51)61(96)75-66(99)123-81-78-38-23-42(85(105)106)28-43(24-38)86(107)108)121-58-54(116-35(4)92)52(114-33(2)90)55(60(95)74-65(98)122-80-77-37-21-40(83(101)102)27-41(22-37)84(103)104)119-62(58)118-50-14-15-71(10)49(68(50,6)7)13-16-73(12)59(71)48(94)30-46-47-31-70(9,18-17-69(47,8)19-20-72(46,73)11)64(97)76-67(100)124-82-79-39-25-44(87(109)110)29-45(26-39)88(111)112/h21-30,47,49-59,62-63,77-82H,13-20,31H2,1-12H3,(H,74,95,98)(H,75,96,99)(H,76,97,100)/t47-,49-,50-,51-,52-,53-,54-,55-,56-,57+,58+,59+,62-,63+,69+,70-,71-,72+,73+/m0/s1. The van der Waals surface area contributed by atoms with Gasteiger partial charge in [0.2, 0.25) is 5.91 Å². The number of rotatable bonds is 27. The van der Waals surface area contributed by atoms with E-state index < -0.39 is 239 Å². The molecule has 3 aromatic carbocycles. The van der Waals surface area contributed by atoms with Crippen molar-refractivity contribution >= 4 is 156 Å². The van der Waals surface area contributed by atoms with E-state index in [0.717, 1.165) is 82.7 Å². The number of non-ortho nitro benzene ring substituents is 6. The molecular weight excluding hydrogens is 1710 g/mol. The van der Waals surface area contributed by atoms with E-state index in [9.17, 15) is 113 Å². The number of ketones is 1. The number of hydrogen-bond donors (Lipinski definition) is 9. The molecule has 9 N–H and O–H groups in total. The van der Waals surface area contributed by atoms with Crippen LogP contribution in [0.2, 0.25) is 0 Å². The van der Waals surface area contributed by atoms with Gasteiger partial charge in [0.1, 0.15) is 0 Å². The normalized spacial score (nSPS) is 30.1. The summed E-state index contributed by atoms with van der Waals surface area (Å²) in [5, 5.41) is 72.4. The minimum absolute atomic E-state index is 0.0101. The van der Waals surface area contributed by atoms with Crippen molar-refractivity contribution in [1.82, 2.24) is 30.4 Å². The van der Waals surface area contributed by atoms with Crippen molar-refractivity contribution in [1.29, 1.82) is 0 Å². The van der Waals surface area contributed by atoms with Crippen LogP contribution in [0.3, 0.4) is 0 Å². The van der Waals surface area contributed by atoms with Gasteiger partial charge < -0.3 is 58.9 Å². The molecule has 0 spiro atoms. The fourth-order valence-electron chi connectivity index (χ4n) is 18.6. The van der Waals surface area contributed by atoms with E-state index in [4.69, 9.17) is 42.6 Å². The maximum absolute atomic E-state index is 15.8. The van der Waals surface area contributed by atoms with Crippen molar-refractivity contribution in [2.45, 2.75) is 208 Å². The Balaban J connectivity index is 0.972. The second kappa shape index (κ2) is 37.5. The van der Waals surface area contributed by atoms with Crippen LogP contribution in [0.25, 0.3) is 0 Å². The molecule has 6 fully saturated rings. The van der Waals surface area contributed by atoms with Crippen LogP contribution in [0.15, 0.2) is 66.2 Å². The molecule has 51 heteroatoms. The number of ether oxygens (including phenoxy) is 9. The van der Waals surface area contributed by atoms with Gasteiger partial charge in [-0.3, -0.25) is 134 Å². The molecule has 124 heavy (non-hydrogen) atoms. The van der Waals surface area contributed by atoms with Crippen molar-refractivity contribution in [3.8, 4) is 0 Å². The van der Waals surface area contributed by atoms with Gasteiger partial charge in [-0.15, -0.1) is 0 Å². The van der Waals surface area contributed by atoms with E-state index in [1.807, 2.05) is 31.4 Å². The van der Waals surface area contributed by atoms with Crippen molar-refractivity contribution in [3.05, 3.63) is 127 Å². The predicted octanol–water partition coefficient (Wildman–Crippen LogP) is 8.80. The number of benzene rings is 3. The first-order chi connectivity index (χ1) is 57.9. The molecule has 2 saturated heterocycles. The van der Waals surface area contributed by atoms with Gasteiger partial charge in [-0.05, 0) is 103 Å². The van der Waals surface area contributed by atoms with Crippen LogP contribution in [0.5, 0.6) is 0 Å². The number of imide groups is 3. The molecule has 0 radical (unpaired) electrons. The van der Waals surface area contributed by atoms with Crippen LogP contribution in [0.1, 0.15) is 141 Å². The Bertz CT molecular complexity index is 4850. The molecule has 0 bridgehead atoms. The zero-order valence-electron chi connectivity index (χ0n) is 68.1. The highest BCUT2D eigenvalue weighted by Gasteiger charge is 2.71. The Labute approximate surface area is 714 Å². The molecule has 4 saturated carbocycles. The van der Waals surface area contributed by atoms with Gasteiger partial charge in [0.15, 0.2) is 67.2 Å². The maximum atomic E-state index is 15.8. The minimum atomic E-state index is -2.46. The van der Waals surface area contributed by atoms with Crippen molar-refractivity contribution < 1.29 is 130 Å². The molecule has 48 nitrogen and oxygen atoms in total. The summed E-state index contributed by atoms with van der Waals surface area (Å²) in [6.45, 7) is 18.0. The van der Waals surface area contributed by atoms with Gasteiger partial charge in [0.25, 0.3) is 45.9 Å². The number of hydrogen-bond acceptors (Lipinski definition) is 42. The number of nitro groups is 6. The van der Waals surface area contributed by atoms with Crippen LogP contribution in [0.4, 0.5) is 65.6 Å². The third-order valence-electron chi connectivity index (χ3n) is 24.3. The number of fused-ring (bicyclic) bond motifs is 7. The number of allylic oxidation sites excluding steroid dienone is 2. The number of hydrazine groups is 3. The van der Waals surface area contributed by atoms with E-state index in [1.54, 1.807) is 13.0 Å². The molecule has 19 atom stereocenters. The summed E-state index contributed by atoms with van der Waals surface area (Å²) in [5.74, 6) is -11.5. The minimum Gasteiger partial charge on any atom is -0.455 e. The highest BCUT2D eigenvalue weighted by atomic mass is 32.2. The summed E-state index contributed by atoms with van der Waals surface area (Å²) in [4.78, 5) is 239. The van der Waals surface area contributed by atoms with E-state index in [1.165, 1.54) is 0 Å². The SMILES string of the molecule is CC(=O)O[C@@H]1[C@@H](OC(C)=O)[C@@H](O[C@H]2[C@@H](O[C@H]3CC[C@]4(C)[C@H]5C(=O)C=C6[C@@H]7C[C@@](C)(C(=O)NC(=O)SNNc8cc([N+](=O)[O-])cc([N+](=O)[O-])c8)CC[C@]7(C)CC[C@@]6(C)[C@]5(C)CC[C@H]4C3(C)C)O[C@H](C(=O)NC(=O)SNNc3cc([N+](=O)[O-])cc([N+](=O)[O-])c3)[C@@H](OC(C)=O)[C@@H]2OC(C)=O)O[C@H](C(=O)NC(=O)SNNc2cc([N+](=O)[O-])cc([N+](=O)[O-])c2)[C@H]1OC(C)=O. The third-order valence-corrected chi connectivity index (χ3v) is 25.8. The van der Waals surface area contributed by atoms with Gasteiger partial charge >= 0.3 is 45.6 Å². The fourth-order valence-corrected chi connectivity index (χ4v) is 19.9. The largest absolute Gasteiger partial charge is 0.455 e. The fraction of sp³-hybridized carbons (Fsp3) is 0.562. The first-order valence-electron chi connectivity index (χ1n) is 38.1. The molecule has 6 amide bonds. The molecule has 3 aromatic rings. The Morgan fingerprint density at radius 1 is 0.435 bits per heavy atom. The number of esters is 5. The van der Waals surface area contributed by atoms with Gasteiger partial charge in [0.05, 0.1) is 70.9 Å². The quantitative estimate of drug-likeness (QED) is 0.00859. The molecule has 10 rings (SSSR count). The van der Waals surface area contributed by atoms with Crippen molar-refractivity contribution in [2.24, 2.45) is 50.2 Å². The number of carbonyl (C=O) groups is 12. The molecule has 0 aromatic heterocycles. The average Bonchev–Trinajstić information content (AvgIpc) is 0.670. The Hall–Kier alpha value is -11.6. The Morgan fingerprint density at radius 3 is 1.19 bits per heavy atom. The van der Waals surface area contributed by atoms with Gasteiger partial charge in [0, 0.05) is 118 Å². The van der Waals surface area contributed by atoms with E-state index in [0.29, 0.717) is 62.6 Å². The lowest BCUT2D eigenvalue weighted by molar-refractivity contribution is -0.394. The first-order valence-corrected chi connectivity index (χ1v) is 40.5. The average molecular weight is 1800 g/mol. The lowest BCUT2D eigenvalue weighted by Crippen LogP contribution is -2.70. The van der Waals surface area contributed by atoms with Crippen LogP contribution in [0, 0.1) is 111 Å². The van der Waals surface area contributed by atoms with Crippen molar-refractivity contribution in [2.75, 3.05) is 16.3 Å². The lowest BCUT2D eigenvalue weighted by atomic mass is 9.33. The predicted molar refractivity (Wildman–Crippen MR) is 427 cm³/mol. The van der Waals surface area contributed by atoms with Crippen LogP contribution >= 0.6 is 35.8 Å². The molecular formula is C73H87N15O33S3. The van der Waals surface area contributed by atoms with E-state index in [2.05, 4.69) is 56.9 Å². The number of carbonyl (C=O) groups excluding carboxylic acids is 12. The molecule has 2 heterocycles. The zero-order valence-corrected chi connectivity index (χ0v) is 70.6. The molecule has 2 aliphatic heterocycles. The monoisotopic (exact) mass is 1800 g/mol. The second-order valence-corrected chi connectivity index (χ2v) is 34.9. The first kappa shape index (κ1) is 94.7. The number of nitro benzene ring substituents is 6. The zero-order chi connectivity index (χ0) is 91.5. The molecule has 670 valence electrons. The number of nitrogens with one attached hydrogen (secondary N) is 9. The van der Waals surface area contributed by atoms with Crippen LogP contribution < -0.4 is 46.7 Å². The van der Waals surface area contributed by atoms with Gasteiger partial charge in [-0.1, -0.05) is 54.0 Å². The molecule has 7 aliphatic rings. The van der Waals surface area contributed by atoms with Gasteiger partial charge in [-0.2, -0.15) is 14.5 Å². The summed E-state index contributed by atoms with van der Waals surface area (Å²) < 4.78 is 55.2. The van der Waals surface area contributed by atoms with E-state index >= 15 is 4.79 Å². The Kier molecular flexibility index (Phi) is 28.6. The molecule has 0 unspecified atom stereocenters. The topological polar surface area (TPSA) is 655 Å². The Morgan fingerprint density at radius 2 is 0.798 bits per heavy atom. The summed E-state index contributed by atoms with van der Waals surface area (Å²) >= 11 is 0.424. The second-order valence-electron chi connectivity index (χ2n) is 32.6. The number of nitrogens with zero attached hydrogens (tertiary/aromatic N) is 6. The highest BCUT2D eigenvalue weighted by Crippen LogP contribution is 2.75. The van der Waals surface area contributed by atoms with Crippen molar-refractivity contribution in [3.63, 3.8) is 0 Å². The third kappa shape index (κ3) is 20.4. The van der Waals surface area contributed by atoms with Crippen LogP contribution in [-0.4, -0.2) is 166 Å². The number of amides is 6. The summed E-state index contributed by atoms with van der Waals surface area (Å²) in [6, 6.07) is 7.46.